The van der Waals surface area contributed by atoms with Crippen molar-refractivity contribution in [2.75, 3.05) is 0 Å². The summed E-state index contributed by atoms with van der Waals surface area (Å²) in [5.41, 5.74) is 0.928. The van der Waals surface area contributed by atoms with Crippen molar-refractivity contribution < 1.29 is 5.11 Å². The molecule has 0 saturated carbocycles. The third kappa shape index (κ3) is 1.73. The Hall–Kier alpha value is -0.0331. The Morgan fingerprint density at radius 3 is 2.70 bits per heavy atom. The molecular weight excluding hydrogens is 255 g/mol. The molecule has 1 nitrogen and oxygen atoms in total. The van der Waals surface area contributed by atoms with Crippen LogP contribution in [0.15, 0.2) is 18.2 Å². The van der Waals surface area contributed by atoms with Crippen LogP contribution in [0.4, 0.5) is 0 Å². The number of rotatable bonds is 1. The number of benzene rings is 1. The molecule has 3 heteroatoms. The van der Waals surface area contributed by atoms with Crippen LogP contribution in [0, 0.1) is 3.57 Å². The van der Waals surface area contributed by atoms with E-state index in [1.807, 2.05) is 12.1 Å². The lowest BCUT2D eigenvalue weighted by Gasteiger charge is -1.99. The molecule has 0 atom stereocenters. The van der Waals surface area contributed by atoms with Crippen LogP contribution in [0.1, 0.15) is 5.56 Å². The molecule has 0 saturated heterocycles. The predicted octanol–water partition coefficient (Wildman–Crippen LogP) is 1.67. The highest BCUT2D eigenvalue weighted by Crippen LogP contribution is 2.19. The molecule has 1 N–H and O–H groups in total. The number of hydrogen-bond donors (Lipinski definition) is 1. The van der Waals surface area contributed by atoms with E-state index in [1.165, 1.54) is 0 Å². The van der Waals surface area contributed by atoms with Crippen LogP contribution in [-0.4, -0.2) is 15.3 Å². The smallest absolute Gasteiger partial charge is 0.119 e. The van der Waals surface area contributed by atoms with Gasteiger partial charge in [0, 0.05) is 13.8 Å². The highest BCUT2D eigenvalue weighted by atomic mass is 127. The van der Waals surface area contributed by atoms with Gasteiger partial charge in [0.25, 0.3) is 0 Å². The van der Waals surface area contributed by atoms with E-state index in [1.54, 1.807) is 6.07 Å². The van der Waals surface area contributed by atoms with Crippen molar-refractivity contribution in [2.45, 2.75) is 6.04 Å². The third-order valence-electron chi connectivity index (χ3n) is 1.24. The van der Waals surface area contributed by atoms with Crippen molar-refractivity contribution in [3.63, 3.8) is 0 Å². The molecule has 10 heavy (non-hydrogen) atoms. The summed E-state index contributed by atoms with van der Waals surface area (Å²) >= 11 is 2.16. The maximum atomic E-state index is 9.26. The zero-order valence-corrected chi connectivity index (χ0v) is 8.42. The molecule has 0 spiro atoms. The second-order valence-corrected chi connectivity index (χ2v) is 3.55. The average Bonchev–Trinajstić information content (AvgIpc) is 1.88. The molecule has 0 aliphatic carbocycles. The van der Waals surface area contributed by atoms with E-state index in [0.29, 0.717) is 11.8 Å². The van der Waals surface area contributed by atoms with Crippen LogP contribution in [0.5, 0.6) is 5.75 Å². The highest BCUT2D eigenvalue weighted by molar-refractivity contribution is 14.1. The Morgan fingerprint density at radius 1 is 1.50 bits per heavy atom. The van der Waals surface area contributed by atoms with Gasteiger partial charge in [-0.15, -0.1) is 0 Å². The van der Waals surface area contributed by atoms with Crippen molar-refractivity contribution in [2.24, 2.45) is 0 Å². The largest absolute Gasteiger partial charge is 0.508 e. The quantitative estimate of drug-likeness (QED) is 0.602. The molecule has 0 fully saturated rings. The summed E-state index contributed by atoms with van der Waals surface area (Å²) in [4.78, 5) is 0. The molecule has 1 aromatic carbocycles. The van der Waals surface area contributed by atoms with Crippen molar-refractivity contribution in [1.29, 1.82) is 0 Å². The molecule has 3 radical (unpaired) electrons. The molecule has 51 valence electrons. The molecular formula is C7H6IOSi. The molecule has 0 aromatic heterocycles. The maximum absolute atomic E-state index is 9.26. The van der Waals surface area contributed by atoms with Crippen LogP contribution >= 0.6 is 22.6 Å². The molecule has 0 aliphatic heterocycles. The fraction of sp³-hybridized carbons (Fsp3) is 0.143. The highest BCUT2D eigenvalue weighted by Gasteiger charge is 1.96. The Morgan fingerprint density at radius 2 is 2.20 bits per heavy atom. The van der Waals surface area contributed by atoms with Gasteiger partial charge in [0.15, 0.2) is 0 Å². The molecule has 1 aromatic rings. The van der Waals surface area contributed by atoms with Gasteiger partial charge in [0.05, 0.1) is 0 Å². The minimum Gasteiger partial charge on any atom is -0.508 e. The monoisotopic (exact) mass is 261 g/mol. The Balaban J connectivity index is 3.07. The van der Waals surface area contributed by atoms with E-state index in [9.17, 15) is 5.11 Å². The van der Waals surface area contributed by atoms with Crippen molar-refractivity contribution in [3.05, 3.63) is 27.3 Å². The molecule has 0 aliphatic rings. The van der Waals surface area contributed by atoms with E-state index < -0.39 is 0 Å². The first kappa shape index (κ1) is 8.07. The van der Waals surface area contributed by atoms with Gasteiger partial charge in [0.1, 0.15) is 5.75 Å². The average molecular weight is 261 g/mol. The summed E-state index contributed by atoms with van der Waals surface area (Å²) < 4.78 is 1.05. The number of phenolic OH excluding ortho intramolecular Hbond substituents is 1. The topological polar surface area (TPSA) is 20.2 Å². The fourth-order valence-corrected chi connectivity index (χ4v) is 1.46. The van der Waals surface area contributed by atoms with Gasteiger partial charge in [-0.2, -0.15) is 0 Å². The second-order valence-electron chi connectivity index (χ2n) is 1.95. The first-order chi connectivity index (χ1) is 4.74. The Labute approximate surface area is 77.0 Å². The number of phenols is 1. The second kappa shape index (κ2) is 3.38. The first-order valence-corrected chi connectivity index (χ1v) is 4.64. The summed E-state index contributed by atoms with van der Waals surface area (Å²) in [5, 5.41) is 9.26. The lowest BCUT2D eigenvalue weighted by atomic mass is 10.2. The van der Waals surface area contributed by atoms with E-state index in [0.717, 1.165) is 9.13 Å². The van der Waals surface area contributed by atoms with E-state index >= 15 is 0 Å². The summed E-state index contributed by atoms with van der Waals surface area (Å²) in [6, 6.07) is 6.32. The fourth-order valence-electron chi connectivity index (χ4n) is 0.686. The summed E-state index contributed by atoms with van der Waals surface area (Å²) in [6.45, 7) is 0. The van der Waals surface area contributed by atoms with Gasteiger partial charge in [0.2, 0.25) is 0 Å². The van der Waals surface area contributed by atoms with Crippen LogP contribution in [0.25, 0.3) is 0 Å². The van der Waals surface area contributed by atoms with Gasteiger partial charge in [-0.3, -0.25) is 0 Å². The van der Waals surface area contributed by atoms with Crippen LogP contribution < -0.4 is 0 Å². The van der Waals surface area contributed by atoms with Gasteiger partial charge < -0.3 is 5.11 Å². The SMILES string of the molecule is Oc1cc(I)ccc1C[Si]. The van der Waals surface area contributed by atoms with Gasteiger partial charge in [-0.05, 0) is 46.3 Å². The van der Waals surface area contributed by atoms with Gasteiger partial charge >= 0.3 is 0 Å². The van der Waals surface area contributed by atoms with Crippen molar-refractivity contribution in [1.82, 2.24) is 0 Å². The molecule has 0 unspecified atom stereocenters. The Kier molecular flexibility index (Phi) is 2.73. The first-order valence-electron chi connectivity index (χ1n) is 2.86. The van der Waals surface area contributed by atoms with Gasteiger partial charge in [-0.1, -0.05) is 6.07 Å². The summed E-state index contributed by atoms with van der Waals surface area (Å²) in [5.74, 6) is 0.363. The summed E-state index contributed by atoms with van der Waals surface area (Å²) in [6.07, 6.45) is 0. The number of halogens is 1. The van der Waals surface area contributed by atoms with Crippen molar-refractivity contribution in [3.8, 4) is 5.75 Å². The maximum Gasteiger partial charge on any atom is 0.119 e. The zero-order valence-electron chi connectivity index (χ0n) is 5.26. The van der Waals surface area contributed by atoms with E-state index in [-0.39, 0.29) is 0 Å². The minimum atomic E-state index is 0.363. The molecule has 1 rings (SSSR count). The predicted molar refractivity (Wildman–Crippen MR) is 50.3 cm³/mol. The number of hydrogen-bond acceptors (Lipinski definition) is 1. The normalized spacial score (nSPS) is 9.80. The standard InChI is InChI=1S/C7H6IOSi/c8-6-2-1-5(4-10)7(9)3-6/h1-3,9H,4H2. The molecule has 0 bridgehead atoms. The van der Waals surface area contributed by atoms with Crippen LogP contribution in [-0.2, 0) is 6.04 Å². The number of aromatic hydroxyl groups is 1. The van der Waals surface area contributed by atoms with Gasteiger partial charge in [-0.25, -0.2) is 0 Å². The van der Waals surface area contributed by atoms with Crippen LogP contribution in [0.3, 0.4) is 0 Å². The summed E-state index contributed by atoms with van der Waals surface area (Å²) in [7, 11) is 3.32. The minimum absolute atomic E-state index is 0.363. The van der Waals surface area contributed by atoms with Crippen LogP contribution in [0.2, 0.25) is 0 Å². The molecule has 0 amide bonds. The van der Waals surface area contributed by atoms with Crippen molar-refractivity contribution >= 4 is 32.8 Å². The van der Waals surface area contributed by atoms with E-state index in [4.69, 9.17) is 0 Å². The lowest BCUT2D eigenvalue weighted by Crippen LogP contribution is -1.84. The molecule has 0 heterocycles. The van der Waals surface area contributed by atoms with E-state index in [2.05, 4.69) is 32.8 Å². The third-order valence-corrected chi connectivity index (χ3v) is 2.29. The Bertz CT molecular complexity index is 237. The lowest BCUT2D eigenvalue weighted by molar-refractivity contribution is 0.470. The zero-order chi connectivity index (χ0) is 7.56.